The fraction of sp³-hybridized carbons (Fsp3) is 1.00. The third kappa shape index (κ3) is 4.04. The Kier molecular flexibility index (Phi) is 5.07. The smallest absolute Gasteiger partial charge is 0.0195 e. The molecule has 0 radical (unpaired) electrons. The summed E-state index contributed by atoms with van der Waals surface area (Å²) in [6.07, 6.45) is 8.20. The van der Waals surface area contributed by atoms with E-state index >= 15 is 0 Å². The number of nitrogens with zero attached hydrogens (tertiary/aromatic N) is 1. The van der Waals surface area contributed by atoms with Crippen LogP contribution in [0, 0.1) is 0 Å². The highest BCUT2D eigenvalue weighted by Gasteiger charge is 2.17. The lowest BCUT2D eigenvalue weighted by atomic mass is 10.0. The van der Waals surface area contributed by atoms with Crippen molar-refractivity contribution in [1.29, 1.82) is 0 Å². The maximum atomic E-state index is 3.72. The van der Waals surface area contributed by atoms with E-state index in [1.54, 1.807) is 0 Å². The molecule has 3 nitrogen and oxygen atoms in total. The molecule has 0 aromatic heterocycles. The lowest BCUT2D eigenvalue weighted by Gasteiger charge is -2.31. The maximum absolute atomic E-state index is 3.72. The van der Waals surface area contributed by atoms with Crippen molar-refractivity contribution in [3.8, 4) is 0 Å². The van der Waals surface area contributed by atoms with Crippen LogP contribution in [0.2, 0.25) is 0 Å². The van der Waals surface area contributed by atoms with Crippen LogP contribution in [0.1, 0.15) is 38.5 Å². The van der Waals surface area contributed by atoms with Gasteiger partial charge in [-0.2, -0.15) is 0 Å². The molecule has 0 aromatic carbocycles. The summed E-state index contributed by atoms with van der Waals surface area (Å²) in [6, 6.07) is 1.52. The van der Waals surface area contributed by atoms with E-state index in [-0.39, 0.29) is 0 Å². The third-order valence-electron chi connectivity index (χ3n) is 3.96. The standard InChI is InChI=1S/C13H27N3/c1-16-10-4-6-13(11-16)15-9-7-12-5-2-3-8-14-12/h12-15H,2-11H2,1H3. The summed E-state index contributed by atoms with van der Waals surface area (Å²) in [6.45, 7) is 4.94. The average molecular weight is 225 g/mol. The Morgan fingerprint density at radius 2 is 2.19 bits per heavy atom. The summed E-state index contributed by atoms with van der Waals surface area (Å²) in [5.41, 5.74) is 0. The lowest BCUT2D eigenvalue weighted by molar-refractivity contribution is 0.224. The van der Waals surface area contributed by atoms with Crippen molar-refractivity contribution >= 4 is 0 Å². The first-order chi connectivity index (χ1) is 7.84. The molecule has 0 amide bonds. The fourth-order valence-electron chi connectivity index (χ4n) is 2.97. The van der Waals surface area contributed by atoms with Gasteiger partial charge in [-0.15, -0.1) is 0 Å². The molecule has 2 N–H and O–H groups in total. The van der Waals surface area contributed by atoms with Crippen molar-refractivity contribution in [2.24, 2.45) is 0 Å². The van der Waals surface area contributed by atoms with Gasteiger partial charge in [0.2, 0.25) is 0 Å². The molecule has 0 bridgehead atoms. The summed E-state index contributed by atoms with van der Waals surface area (Å²) in [5, 5.41) is 7.33. The van der Waals surface area contributed by atoms with Gasteiger partial charge in [0.15, 0.2) is 0 Å². The van der Waals surface area contributed by atoms with Gasteiger partial charge in [0.05, 0.1) is 0 Å². The second-order valence-corrected chi connectivity index (χ2v) is 5.49. The van der Waals surface area contributed by atoms with Gasteiger partial charge >= 0.3 is 0 Å². The van der Waals surface area contributed by atoms with E-state index in [2.05, 4.69) is 22.6 Å². The highest BCUT2D eigenvalue weighted by molar-refractivity contribution is 4.78. The summed E-state index contributed by atoms with van der Waals surface area (Å²) >= 11 is 0. The number of nitrogens with one attached hydrogen (secondary N) is 2. The molecule has 94 valence electrons. The van der Waals surface area contributed by atoms with Gasteiger partial charge in [-0.3, -0.25) is 0 Å². The van der Waals surface area contributed by atoms with Crippen LogP contribution in [0.5, 0.6) is 0 Å². The first kappa shape index (κ1) is 12.3. The monoisotopic (exact) mass is 225 g/mol. The molecule has 0 aliphatic carbocycles. The summed E-state index contributed by atoms with van der Waals surface area (Å²) in [7, 11) is 2.23. The molecule has 2 saturated heterocycles. The minimum Gasteiger partial charge on any atom is -0.314 e. The van der Waals surface area contributed by atoms with Crippen molar-refractivity contribution in [1.82, 2.24) is 15.5 Å². The molecule has 3 heteroatoms. The van der Waals surface area contributed by atoms with Crippen LogP contribution < -0.4 is 10.6 Å². The summed E-state index contributed by atoms with van der Waals surface area (Å²) < 4.78 is 0. The first-order valence-corrected chi connectivity index (χ1v) is 7.00. The third-order valence-corrected chi connectivity index (χ3v) is 3.96. The van der Waals surface area contributed by atoms with Crippen LogP contribution in [0.4, 0.5) is 0 Å². The van der Waals surface area contributed by atoms with Crippen LogP contribution in [-0.2, 0) is 0 Å². The highest BCUT2D eigenvalue weighted by Crippen LogP contribution is 2.11. The topological polar surface area (TPSA) is 27.3 Å². The molecule has 2 aliphatic heterocycles. The van der Waals surface area contributed by atoms with E-state index in [0.29, 0.717) is 0 Å². The molecular weight excluding hydrogens is 198 g/mol. The van der Waals surface area contributed by atoms with E-state index in [1.807, 2.05) is 0 Å². The van der Waals surface area contributed by atoms with Gasteiger partial charge in [0.25, 0.3) is 0 Å². The first-order valence-electron chi connectivity index (χ1n) is 7.00. The van der Waals surface area contributed by atoms with Gasteiger partial charge in [-0.25, -0.2) is 0 Å². The predicted molar refractivity (Wildman–Crippen MR) is 68.8 cm³/mol. The summed E-state index contributed by atoms with van der Waals surface area (Å²) in [5.74, 6) is 0. The number of likely N-dealkylation sites (tertiary alicyclic amines) is 1. The van der Waals surface area contributed by atoms with E-state index in [4.69, 9.17) is 0 Å². The Morgan fingerprint density at radius 1 is 1.25 bits per heavy atom. The number of hydrogen-bond donors (Lipinski definition) is 2. The van der Waals surface area contributed by atoms with Gasteiger partial charge in [-0.1, -0.05) is 6.42 Å². The number of piperidine rings is 2. The molecule has 16 heavy (non-hydrogen) atoms. The van der Waals surface area contributed by atoms with Crippen LogP contribution in [0.15, 0.2) is 0 Å². The normalized spacial score (nSPS) is 32.8. The van der Waals surface area contributed by atoms with Crippen LogP contribution >= 0.6 is 0 Å². The second kappa shape index (κ2) is 6.58. The van der Waals surface area contributed by atoms with Crippen LogP contribution in [0.3, 0.4) is 0 Å². The van der Waals surface area contributed by atoms with E-state index in [0.717, 1.165) is 12.1 Å². The molecule has 2 heterocycles. The molecule has 2 aliphatic rings. The zero-order valence-corrected chi connectivity index (χ0v) is 10.7. The Morgan fingerprint density at radius 3 is 2.94 bits per heavy atom. The fourth-order valence-corrected chi connectivity index (χ4v) is 2.97. The van der Waals surface area contributed by atoms with Crippen molar-refractivity contribution < 1.29 is 0 Å². The average Bonchev–Trinajstić information content (AvgIpc) is 2.30. The SMILES string of the molecule is CN1CCCC(NCCC2CCCCN2)C1. The minimum atomic E-state index is 0.738. The van der Waals surface area contributed by atoms with Gasteiger partial charge in [0.1, 0.15) is 0 Å². The Labute approximate surface area is 100.0 Å². The lowest BCUT2D eigenvalue weighted by Crippen LogP contribution is -2.45. The number of likely N-dealkylation sites (N-methyl/N-ethyl adjacent to an activating group) is 1. The molecular formula is C13H27N3. The number of rotatable bonds is 4. The molecule has 2 atom stereocenters. The van der Waals surface area contributed by atoms with Crippen LogP contribution in [0.25, 0.3) is 0 Å². The molecule has 0 saturated carbocycles. The highest BCUT2D eigenvalue weighted by atomic mass is 15.1. The number of hydrogen-bond acceptors (Lipinski definition) is 3. The van der Waals surface area contributed by atoms with E-state index < -0.39 is 0 Å². The minimum absolute atomic E-state index is 0.738. The molecule has 2 fully saturated rings. The Balaban J connectivity index is 1.56. The molecule has 2 unspecified atom stereocenters. The zero-order chi connectivity index (χ0) is 11.2. The molecule has 0 spiro atoms. The van der Waals surface area contributed by atoms with Gasteiger partial charge < -0.3 is 15.5 Å². The van der Waals surface area contributed by atoms with E-state index in [1.165, 1.54) is 64.7 Å². The molecule has 2 rings (SSSR count). The van der Waals surface area contributed by atoms with Gasteiger partial charge in [0, 0.05) is 18.6 Å². The Bertz CT molecular complexity index is 190. The van der Waals surface area contributed by atoms with E-state index in [9.17, 15) is 0 Å². The van der Waals surface area contributed by atoms with Crippen molar-refractivity contribution in [2.45, 2.75) is 50.6 Å². The Hall–Kier alpha value is -0.120. The van der Waals surface area contributed by atoms with Gasteiger partial charge in [-0.05, 0) is 58.8 Å². The quantitative estimate of drug-likeness (QED) is 0.753. The van der Waals surface area contributed by atoms with Crippen LogP contribution in [-0.4, -0.2) is 50.2 Å². The summed E-state index contributed by atoms with van der Waals surface area (Å²) in [4.78, 5) is 2.44. The van der Waals surface area contributed by atoms with Crippen molar-refractivity contribution in [3.05, 3.63) is 0 Å². The largest absolute Gasteiger partial charge is 0.314 e. The molecule has 0 aromatic rings. The predicted octanol–water partition coefficient (Wildman–Crippen LogP) is 1.20. The second-order valence-electron chi connectivity index (χ2n) is 5.49. The maximum Gasteiger partial charge on any atom is 0.0195 e. The van der Waals surface area contributed by atoms with Crippen molar-refractivity contribution in [2.75, 3.05) is 33.2 Å². The zero-order valence-electron chi connectivity index (χ0n) is 10.7. The van der Waals surface area contributed by atoms with Crippen molar-refractivity contribution in [3.63, 3.8) is 0 Å².